The van der Waals surface area contributed by atoms with Gasteiger partial charge in [0.2, 0.25) is 17.7 Å². The second-order valence-corrected chi connectivity index (χ2v) is 8.47. The number of nitrogens with zero attached hydrogens (tertiary/aromatic N) is 3. The van der Waals surface area contributed by atoms with Crippen molar-refractivity contribution in [3.8, 4) is 17.2 Å². The molecule has 8 nitrogen and oxygen atoms in total. The van der Waals surface area contributed by atoms with Gasteiger partial charge in [0, 0.05) is 5.56 Å². The SMILES string of the molecule is CCCc1ccc([C@H](C)N(CC(N)=O)C(=O)CSc2nnc(-c3ccc(OC)cc3)o2)cc1. The molecule has 9 heteroatoms. The van der Waals surface area contributed by atoms with E-state index in [2.05, 4.69) is 29.3 Å². The lowest BCUT2D eigenvalue weighted by molar-refractivity contribution is -0.135. The lowest BCUT2D eigenvalue weighted by Crippen LogP contribution is -2.41. The monoisotopic (exact) mass is 468 g/mol. The van der Waals surface area contributed by atoms with Gasteiger partial charge in [0.25, 0.3) is 5.22 Å². The molecule has 1 aromatic heterocycles. The fourth-order valence-electron chi connectivity index (χ4n) is 3.37. The number of aryl methyl sites for hydroxylation is 1. The summed E-state index contributed by atoms with van der Waals surface area (Å²) in [6.45, 7) is 3.85. The van der Waals surface area contributed by atoms with Gasteiger partial charge in [-0.1, -0.05) is 49.4 Å². The predicted octanol–water partition coefficient (Wildman–Crippen LogP) is 3.86. The minimum Gasteiger partial charge on any atom is -0.497 e. The van der Waals surface area contributed by atoms with Crippen LogP contribution in [0.5, 0.6) is 5.75 Å². The third-order valence-corrected chi connectivity index (χ3v) is 5.98. The van der Waals surface area contributed by atoms with Crippen LogP contribution in [0, 0.1) is 0 Å². The fourth-order valence-corrected chi connectivity index (χ4v) is 4.01. The number of ether oxygens (including phenoxy) is 1. The van der Waals surface area contributed by atoms with E-state index in [0.717, 1.165) is 41.5 Å². The highest BCUT2D eigenvalue weighted by Crippen LogP contribution is 2.27. The zero-order valence-corrected chi connectivity index (χ0v) is 19.8. The Balaban J connectivity index is 1.66. The van der Waals surface area contributed by atoms with E-state index < -0.39 is 5.91 Å². The van der Waals surface area contributed by atoms with Crippen LogP contribution >= 0.6 is 11.8 Å². The van der Waals surface area contributed by atoms with Gasteiger partial charge in [0.05, 0.1) is 25.4 Å². The van der Waals surface area contributed by atoms with E-state index in [-0.39, 0.29) is 29.5 Å². The van der Waals surface area contributed by atoms with Crippen molar-refractivity contribution in [3.05, 3.63) is 59.7 Å². The third-order valence-electron chi connectivity index (χ3n) is 5.18. The molecule has 3 rings (SSSR count). The van der Waals surface area contributed by atoms with Crippen molar-refractivity contribution >= 4 is 23.6 Å². The molecule has 2 N–H and O–H groups in total. The predicted molar refractivity (Wildman–Crippen MR) is 127 cm³/mol. The molecule has 0 radical (unpaired) electrons. The Morgan fingerprint density at radius 2 is 1.82 bits per heavy atom. The molecule has 0 spiro atoms. The third kappa shape index (κ3) is 6.58. The first-order valence-electron chi connectivity index (χ1n) is 10.7. The molecule has 174 valence electrons. The van der Waals surface area contributed by atoms with Gasteiger partial charge in [0.1, 0.15) is 5.75 Å². The number of methoxy groups -OCH3 is 1. The summed E-state index contributed by atoms with van der Waals surface area (Å²) in [5.74, 6) is 0.301. The Labute approximate surface area is 197 Å². The number of nitrogens with two attached hydrogens (primary N) is 1. The highest BCUT2D eigenvalue weighted by molar-refractivity contribution is 7.99. The number of rotatable bonds is 11. The van der Waals surface area contributed by atoms with E-state index in [0.29, 0.717) is 5.89 Å². The second kappa shape index (κ2) is 11.5. The van der Waals surface area contributed by atoms with Crippen molar-refractivity contribution in [3.63, 3.8) is 0 Å². The lowest BCUT2D eigenvalue weighted by atomic mass is 10.0. The van der Waals surface area contributed by atoms with E-state index >= 15 is 0 Å². The van der Waals surface area contributed by atoms with E-state index in [9.17, 15) is 9.59 Å². The molecule has 1 heterocycles. The fraction of sp³-hybridized carbons (Fsp3) is 0.333. The van der Waals surface area contributed by atoms with Crippen molar-refractivity contribution in [2.45, 2.75) is 38.0 Å². The summed E-state index contributed by atoms with van der Waals surface area (Å²) in [6.07, 6.45) is 2.06. The summed E-state index contributed by atoms with van der Waals surface area (Å²) in [4.78, 5) is 26.1. The van der Waals surface area contributed by atoms with Gasteiger partial charge in [-0.2, -0.15) is 0 Å². The summed E-state index contributed by atoms with van der Waals surface area (Å²) < 4.78 is 10.8. The number of thioether (sulfide) groups is 1. The summed E-state index contributed by atoms with van der Waals surface area (Å²) in [7, 11) is 1.59. The van der Waals surface area contributed by atoms with E-state index in [1.54, 1.807) is 19.2 Å². The quantitative estimate of drug-likeness (QED) is 0.425. The Bertz CT molecular complexity index is 1070. The molecule has 0 fully saturated rings. The van der Waals surface area contributed by atoms with Gasteiger partial charge in [-0.15, -0.1) is 10.2 Å². The summed E-state index contributed by atoms with van der Waals surface area (Å²) in [5, 5.41) is 8.32. The first-order valence-corrected chi connectivity index (χ1v) is 11.7. The topological polar surface area (TPSA) is 112 Å². The minimum atomic E-state index is -0.567. The molecule has 0 aliphatic rings. The molecular weight excluding hydrogens is 440 g/mol. The van der Waals surface area contributed by atoms with Crippen molar-refractivity contribution in [1.29, 1.82) is 0 Å². The maximum Gasteiger partial charge on any atom is 0.277 e. The summed E-state index contributed by atoms with van der Waals surface area (Å²) in [5.41, 5.74) is 8.34. The smallest absolute Gasteiger partial charge is 0.277 e. The largest absolute Gasteiger partial charge is 0.497 e. The molecule has 0 unspecified atom stereocenters. The summed E-state index contributed by atoms with van der Waals surface area (Å²) in [6, 6.07) is 15.0. The zero-order chi connectivity index (χ0) is 23.8. The van der Waals surface area contributed by atoms with Crippen LogP contribution in [0.25, 0.3) is 11.5 Å². The molecule has 0 aliphatic carbocycles. The average Bonchev–Trinajstić information content (AvgIpc) is 3.30. The number of hydrogen-bond acceptors (Lipinski definition) is 7. The second-order valence-electron chi connectivity index (χ2n) is 7.55. The van der Waals surface area contributed by atoms with Crippen LogP contribution in [-0.4, -0.2) is 46.3 Å². The molecule has 0 saturated carbocycles. The zero-order valence-electron chi connectivity index (χ0n) is 19.0. The highest BCUT2D eigenvalue weighted by atomic mass is 32.2. The van der Waals surface area contributed by atoms with Crippen LogP contribution in [-0.2, 0) is 16.0 Å². The van der Waals surface area contributed by atoms with Crippen LogP contribution in [0.15, 0.2) is 58.2 Å². The van der Waals surface area contributed by atoms with E-state index in [4.69, 9.17) is 14.9 Å². The van der Waals surface area contributed by atoms with E-state index in [1.807, 2.05) is 31.2 Å². The molecular formula is C24H28N4O4S. The maximum atomic E-state index is 13.0. The van der Waals surface area contributed by atoms with Gasteiger partial charge >= 0.3 is 0 Å². The maximum absolute atomic E-state index is 13.0. The molecule has 1 atom stereocenters. The van der Waals surface area contributed by atoms with Crippen molar-refractivity contribution in [2.24, 2.45) is 5.73 Å². The standard InChI is InChI=1S/C24H28N4O4S/c1-4-5-17-6-8-18(9-7-17)16(2)28(14-21(25)29)22(30)15-33-24-27-26-23(32-24)19-10-12-20(31-3)13-11-19/h6-13,16H,4-5,14-15H2,1-3H3,(H2,25,29)/t16-/m0/s1. The van der Waals surface area contributed by atoms with Gasteiger partial charge in [-0.05, 0) is 48.7 Å². The van der Waals surface area contributed by atoms with Gasteiger partial charge in [-0.3, -0.25) is 9.59 Å². The molecule has 0 bridgehead atoms. The van der Waals surface area contributed by atoms with Gasteiger partial charge < -0.3 is 19.8 Å². The molecule has 0 saturated heterocycles. The number of carbonyl (C=O) groups is 2. The molecule has 0 aliphatic heterocycles. The lowest BCUT2D eigenvalue weighted by Gasteiger charge is -2.28. The van der Waals surface area contributed by atoms with Crippen LogP contribution < -0.4 is 10.5 Å². The Morgan fingerprint density at radius 1 is 1.12 bits per heavy atom. The van der Waals surface area contributed by atoms with Crippen LogP contribution in [0.3, 0.4) is 0 Å². The van der Waals surface area contributed by atoms with Crippen molar-refractivity contribution in [2.75, 3.05) is 19.4 Å². The molecule has 3 aromatic rings. The number of aromatic nitrogens is 2. The van der Waals surface area contributed by atoms with E-state index in [1.165, 1.54) is 10.5 Å². The molecule has 33 heavy (non-hydrogen) atoms. The van der Waals surface area contributed by atoms with Crippen LogP contribution in [0.1, 0.15) is 37.4 Å². The van der Waals surface area contributed by atoms with Gasteiger partial charge in [0.15, 0.2) is 0 Å². The normalized spacial score (nSPS) is 11.7. The Hall–Kier alpha value is -3.33. The number of amides is 2. The van der Waals surface area contributed by atoms with Gasteiger partial charge in [-0.25, -0.2) is 0 Å². The van der Waals surface area contributed by atoms with Crippen LogP contribution in [0.4, 0.5) is 0 Å². The molecule has 2 amide bonds. The Morgan fingerprint density at radius 3 is 2.42 bits per heavy atom. The number of primary amides is 1. The summed E-state index contributed by atoms with van der Waals surface area (Å²) >= 11 is 1.12. The number of benzene rings is 2. The molecule has 2 aromatic carbocycles. The first kappa shape index (κ1) is 24.3. The first-order chi connectivity index (χ1) is 15.9. The Kier molecular flexibility index (Phi) is 8.48. The number of carbonyl (C=O) groups excluding carboxylic acids is 2. The van der Waals surface area contributed by atoms with Crippen molar-refractivity contribution < 1.29 is 18.7 Å². The average molecular weight is 469 g/mol. The van der Waals surface area contributed by atoms with Crippen molar-refractivity contribution in [1.82, 2.24) is 15.1 Å². The minimum absolute atomic E-state index is 0.0375. The number of hydrogen-bond donors (Lipinski definition) is 1. The highest BCUT2D eigenvalue weighted by Gasteiger charge is 2.24. The van der Waals surface area contributed by atoms with Crippen LogP contribution in [0.2, 0.25) is 0 Å².